The summed E-state index contributed by atoms with van der Waals surface area (Å²) in [7, 11) is -3.65. The van der Waals surface area contributed by atoms with Crippen LogP contribution < -0.4 is 9.46 Å². The van der Waals surface area contributed by atoms with Gasteiger partial charge in [-0.15, -0.1) is 0 Å². The van der Waals surface area contributed by atoms with Gasteiger partial charge in [-0.05, 0) is 38.0 Å². The van der Waals surface area contributed by atoms with Gasteiger partial charge < -0.3 is 9.84 Å². The number of aromatic carboxylic acids is 1. The van der Waals surface area contributed by atoms with Crippen LogP contribution in [0.5, 0.6) is 5.75 Å². The Morgan fingerprint density at radius 1 is 1.47 bits per heavy atom. The molecular weight excluding hydrogens is 270 g/mol. The maximum Gasteiger partial charge on any atom is 0.339 e. The molecule has 0 heterocycles. The van der Waals surface area contributed by atoms with Crippen molar-refractivity contribution in [2.75, 3.05) is 6.61 Å². The summed E-state index contributed by atoms with van der Waals surface area (Å²) in [5, 5.41) is 9.08. The summed E-state index contributed by atoms with van der Waals surface area (Å²) < 4.78 is 31.6. The zero-order valence-electron chi connectivity index (χ0n) is 10.4. The Kier molecular flexibility index (Phi) is 3.77. The smallest absolute Gasteiger partial charge is 0.339 e. The number of rotatable bonds is 6. The molecule has 1 aliphatic rings. The van der Waals surface area contributed by atoms with Crippen molar-refractivity contribution in [3.05, 3.63) is 23.8 Å². The highest BCUT2D eigenvalue weighted by molar-refractivity contribution is 7.89. The van der Waals surface area contributed by atoms with Gasteiger partial charge >= 0.3 is 5.97 Å². The third kappa shape index (κ3) is 3.24. The third-order valence-corrected chi connectivity index (χ3v) is 4.21. The van der Waals surface area contributed by atoms with Crippen LogP contribution >= 0.6 is 0 Å². The van der Waals surface area contributed by atoms with Gasteiger partial charge in [0.2, 0.25) is 10.0 Å². The van der Waals surface area contributed by atoms with Crippen LogP contribution in [0.3, 0.4) is 0 Å². The van der Waals surface area contributed by atoms with Gasteiger partial charge in [-0.1, -0.05) is 0 Å². The molecule has 19 heavy (non-hydrogen) atoms. The topological polar surface area (TPSA) is 92.7 Å². The molecule has 0 aliphatic heterocycles. The van der Waals surface area contributed by atoms with Gasteiger partial charge in [0.25, 0.3) is 0 Å². The monoisotopic (exact) mass is 285 g/mol. The predicted octanol–water partition coefficient (Wildman–Crippen LogP) is 1.22. The molecule has 0 unspecified atom stereocenters. The van der Waals surface area contributed by atoms with Crippen molar-refractivity contribution in [3.8, 4) is 5.75 Å². The number of hydrogen-bond donors (Lipinski definition) is 2. The van der Waals surface area contributed by atoms with Crippen molar-refractivity contribution < 1.29 is 23.1 Å². The Morgan fingerprint density at radius 2 is 2.16 bits per heavy atom. The van der Waals surface area contributed by atoms with Gasteiger partial charge in [-0.25, -0.2) is 17.9 Å². The van der Waals surface area contributed by atoms with Crippen LogP contribution in [0.4, 0.5) is 0 Å². The number of carboxylic acids is 1. The molecular formula is C12H15NO5S. The van der Waals surface area contributed by atoms with Crippen molar-refractivity contribution in [3.63, 3.8) is 0 Å². The molecule has 2 rings (SSSR count). The van der Waals surface area contributed by atoms with E-state index in [1.165, 1.54) is 12.1 Å². The van der Waals surface area contributed by atoms with E-state index in [0.29, 0.717) is 6.61 Å². The van der Waals surface area contributed by atoms with Crippen LogP contribution in [-0.4, -0.2) is 32.1 Å². The fourth-order valence-corrected chi connectivity index (χ4v) is 2.94. The molecule has 0 aromatic heterocycles. The lowest BCUT2D eigenvalue weighted by Gasteiger charge is -2.10. The first-order valence-corrected chi connectivity index (χ1v) is 7.45. The van der Waals surface area contributed by atoms with Gasteiger partial charge in [0.15, 0.2) is 0 Å². The normalized spacial score (nSPS) is 15.2. The van der Waals surface area contributed by atoms with E-state index < -0.39 is 16.0 Å². The van der Waals surface area contributed by atoms with Crippen LogP contribution in [0.1, 0.15) is 30.1 Å². The lowest BCUT2D eigenvalue weighted by atomic mass is 10.2. The fourth-order valence-electron chi connectivity index (χ4n) is 1.61. The number of carboxylic acid groups (broad SMARTS) is 1. The van der Waals surface area contributed by atoms with Crippen molar-refractivity contribution in [1.82, 2.24) is 4.72 Å². The summed E-state index contributed by atoms with van der Waals surface area (Å²) in [6.45, 7) is 2.04. The molecule has 0 saturated heterocycles. The molecule has 104 valence electrons. The molecule has 2 N–H and O–H groups in total. The molecule has 7 heteroatoms. The minimum atomic E-state index is -3.65. The third-order valence-electron chi connectivity index (χ3n) is 2.69. The molecule has 0 radical (unpaired) electrons. The Hall–Kier alpha value is -1.60. The summed E-state index contributed by atoms with van der Waals surface area (Å²) in [6, 6.07) is 3.82. The van der Waals surface area contributed by atoms with Crippen molar-refractivity contribution in [1.29, 1.82) is 0 Å². The second-order valence-corrected chi connectivity index (χ2v) is 6.01. The molecule has 0 atom stereocenters. The molecule has 6 nitrogen and oxygen atoms in total. The zero-order chi connectivity index (χ0) is 14.0. The van der Waals surface area contributed by atoms with E-state index in [4.69, 9.17) is 9.84 Å². The Morgan fingerprint density at radius 3 is 2.68 bits per heavy atom. The number of nitrogens with one attached hydrogen (secondary N) is 1. The molecule has 0 bridgehead atoms. The first-order valence-electron chi connectivity index (χ1n) is 5.96. The molecule has 0 amide bonds. The minimum absolute atomic E-state index is 0.0233. The van der Waals surface area contributed by atoms with Gasteiger partial charge in [-0.3, -0.25) is 0 Å². The average Bonchev–Trinajstić information content (AvgIpc) is 3.12. The molecule has 1 aliphatic carbocycles. The average molecular weight is 285 g/mol. The number of ether oxygens (including phenoxy) is 1. The van der Waals surface area contributed by atoms with E-state index in [1.807, 2.05) is 0 Å². The summed E-state index contributed by atoms with van der Waals surface area (Å²) >= 11 is 0. The zero-order valence-corrected chi connectivity index (χ0v) is 11.2. The van der Waals surface area contributed by atoms with Crippen molar-refractivity contribution in [2.45, 2.75) is 30.7 Å². The van der Waals surface area contributed by atoms with Crippen LogP contribution in [0, 0.1) is 0 Å². The summed E-state index contributed by atoms with van der Waals surface area (Å²) in [5.41, 5.74) is -0.152. The van der Waals surface area contributed by atoms with E-state index in [-0.39, 0.29) is 22.3 Å². The standard InChI is InChI=1S/C12H15NO5S/c1-2-18-11-6-5-9(7-10(11)12(14)15)19(16,17)13-8-3-4-8/h5-8,13H,2-4H2,1H3,(H,14,15). The lowest BCUT2D eigenvalue weighted by Crippen LogP contribution is -2.26. The van der Waals surface area contributed by atoms with Gasteiger partial charge in [0.05, 0.1) is 11.5 Å². The number of carbonyl (C=O) groups is 1. The maximum atomic E-state index is 12.0. The molecule has 1 fully saturated rings. The summed E-state index contributed by atoms with van der Waals surface area (Å²) in [6.07, 6.45) is 1.64. The van der Waals surface area contributed by atoms with Crippen LogP contribution in [0.2, 0.25) is 0 Å². The first-order chi connectivity index (χ1) is 8.94. The maximum absolute atomic E-state index is 12.0. The van der Waals surface area contributed by atoms with E-state index in [2.05, 4.69) is 4.72 Å². The van der Waals surface area contributed by atoms with Gasteiger partial charge in [0.1, 0.15) is 11.3 Å². The van der Waals surface area contributed by atoms with E-state index >= 15 is 0 Å². The van der Waals surface area contributed by atoms with Crippen molar-refractivity contribution in [2.24, 2.45) is 0 Å². The summed E-state index contributed by atoms with van der Waals surface area (Å²) in [4.78, 5) is 11.1. The Bertz CT molecular complexity index is 592. The van der Waals surface area contributed by atoms with Crippen LogP contribution in [-0.2, 0) is 10.0 Å². The van der Waals surface area contributed by atoms with Crippen LogP contribution in [0.25, 0.3) is 0 Å². The fraction of sp³-hybridized carbons (Fsp3) is 0.417. The van der Waals surface area contributed by atoms with E-state index in [0.717, 1.165) is 18.9 Å². The second kappa shape index (κ2) is 5.18. The Balaban J connectivity index is 2.36. The van der Waals surface area contributed by atoms with Crippen LogP contribution in [0.15, 0.2) is 23.1 Å². The highest BCUT2D eigenvalue weighted by Crippen LogP contribution is 2.25. The van der Waals surface area contributed by atoms with Gasteiger partial charge in [0, 0.05) is 6.04 Å². The minimum Gasteiger partial charge on any atom is -0.493 e. The lowest BCUT2D eigenvalue weighted by molar-refractivity contribution is 0.0692. The quantitative estimate of drug-likeness (QED) is 0.820. The highest BCUT2D eigenvalue weighted by Gasteiger charge is 2.28. The molecule has 1 saturated carbocycles. The van der Waals surface area contributed by atoms with E-state index in [9.17, 15) is 13.2 Å². The number of benzene rings is 1. The molecule has 1 aromatic carbocycles. The van der Waals surface area contributed by atoms with Crippen molar-refractivity contribution >= 4 is 16.0 Å². The highest BCUT2D eigenvalue weighted by atomic mass is 32.2. The summed E-state index contributed by atoms with van der Waals surface area (Å²) in [5.74, 6) is -1.05. The SMILES string of the molecule is CCOc1ccc(S(=O)(=O)NC2CC2)cc1C(=O)O. The Labute approximate surface area is 111 Å². The number of sulfonamides is 1. The van der Waals surface area contributed by atoms with Gasteiger partial charge in [-0.2, -0.15) is 0 Å². The molecule has 0 spiro atoms. The largest absolute Gasteiger partial charge is 0.493 e. The first kappa shape index (κ1) is 13.8. The van der Waals surface area contributed by atoms with E-state index in [1.54, 1.807) is 6.92 Å². The predicted molar refractivity (Wildman–Crippen MR) is 67.9 cm³/mol. The second-order valence-electron chi connectivity index (χ2n) is 4.29. The number of hydrogen-bond acceptors (Lipinski definition) is 4. The molecule has 1 aromatic rings.